The molecule has 1 saturated heterocycles. The van der Waals surface area contributed by atoms with Crippen molar-refractivity contribution in [3.8, 4) is 0 Å². The van der Waals surface area contributed by atoms with Gasteiger partial charge in [0.25, 0.3) is 5.69 Å². The number of nitro benzene ring substituents is 1. The summed E-state index contributed by atoms with van der Waals surface area (Å²) in [6, 6.07) is 33.8. The smallest absolute Gasteiger partial charge is 0.461 e. The number of anilines is 1. The minimum absolute atomic E-state index is 0.0579. The molecule has 0 aliphatic carbocycles. The number of ketones is 1. The molecule has 18 heteroatoms. The van der Waals surface area contributed by atoms with Gasteiger partial charge in [-0.25, -0.2) is 4.79 Å². The van der Waals surface area contributed by atoms with Crippen molar-refractivity contribution in [1.82, 2.24) is 4.90 Å². The number of ether oxygens (including phenoxy) is 2. The number of benzene rings is 5. The van der Waals surface area contributed by atoms with Gasteiger partial charge in [-0.2, -0.15) is 0 Å². The minimum Gasteiger partial charge on any atom is -0.461 e. The molecule has 4 atom stereocenters. The first-order chi connectivity index (χ1) is 35.6. The van der Waals surface area contributed by atoms with Crippen LogP contribution >= 0.6 is 7.06 Å². The molecular formula is C57H64N3O13PSi. The van der Waals surface area contributed by atoms with Crippen molar-refractivity contribution in [2.24, 2.45) is 5.92 Å². The van der Waals surface area contributed by atoms with Crippen LogP contribution in [0.4, 0.5) is 16.2 Å². The Morgan fingerprint density at radius 1 is 0.813 bits per heavy atom. The van der Waals surface area contributed by atoms with Crippen LogP contribution in [-0.4, -0.2) is 78.6 Å². The number of carbonyl (C=O) groups excluding carboxylic acids is 6. The first kappa shape index (κ1) is 56.7. The van der Waals surface area contributed by atoms with Crippen LogP contribution in [-0.2, 0) is 55.2 Å². The molecule has 0 bridgehead atoms. The first-order valence-electron chi connectivity index (χ1n) is 24.4. The second-order valence-corrected chi connectivity index (χ2v) is 28.3. The molecule has 1 fully saturated rings. The van der Waals surface area contributed by atoms with Gasteiger partial charge >= 0.3 is 345 Å². The van der Waals surface area contributed by atoms with Gasteiger partial charge in [0.05, 0.1) is 4.92 Å². The van der Waals surface area contributed by atoms with Crippen molar-refractivity contribution in [1.29, 1.82) is 0 Å². The van der Waals surface area contributed by atoms with Gasteiger partial charge in [0.15, 0.2) is 0 Å². The van der Waals surface area contributed by atoms with Gasteiger partial charge in [-0.15, -0.1) is 0 Å². The topological polar surface area (TPSA) is 207 Å². The summed E-state index contributed by atoms with van der Waals surface area (Å²) < 4.78 is 31.1. The molecule has 2 amide bonds. The zero-order valence-corrected chi connectivity index (χ0v) is 45.2. The minimum atomic E-state index is -5.13. The molecule has 1 aliphatic heterocycles. The van der Waals surface area contributed by atoms with E-state index in [9.17, 15) is 29.3 Å². The van der Waals surface area contributed by atoms with E-state index < -0.39 is 80.1 Å². The number of β-lactam (4-membered cyclic amide) rings is 1. The molecule has 16 nitrogen and oxygen atoms in total. The van der Waals surface area contributed by atoms with E-state index in [4.69, 9.17) is 22.9 Å². The molecule has 0 radical (unpaired) electrons. The SMILES string of the molecule is C=CCOC(=O)Nc1cc(C(=O)C[C@@H]2[C@@H]([C@@H](C)O[Si](C)(C)C(C)(C)C)C(=O)N2C(CC=C)C(=O)OP(OC(C)=O)(c2ccccc2)(c2ccccc2)c2ccccc2)ccc1CC(=O)OCc1ccc([N+](=O)[O-])cc1. The van der Waals surface area contributed by atoms with Gasteiger partial charge in [0.1, 0.15) is 13.2 Å². The Morgan fingerprint density at radius 3 is 1.87 bits per heavy atom. The zero-order valence-electron chi connectivity index (χ0n) is 43.3. The standard InChI is InChI=1S/C57H64N3O13PSi/c1-10-21-49(55(65)72-74(71-40(4)61,45-22-15-12-16-23-45,46-24-17-13-18-25-46)47-26-19-14-20-27-47)59-50(53(54(59)64)39(3)73-75(8,9)57(5,6)7)37-51(62)43-31-30-42(48(35-43)58-56(66)69-34-11-2)36-52(63)70-38-41-28-32-44(33-29-41)60(67)68/h10-20,22-33,35,39,49-50,53H,1-2,21,34,36-38H2,3-9H3,(H,58,66)/t39-,49?,50-,53-/m1/s1. The fraction of sp³-hybridized carbons (Fsp3) is 0.298. The van der Waals surface area contributed by atoms with Crippen molar-refractivity contribution in [2.75, 3.05) is 11.9 Å². The van der Waals surface area contributed by atoms with E-state index in [1.165, 1.54) is 66.4 Å². The van der Waals surface area contributed by atoms with Gasteiger partial charge < -0.3 is 9.47 Å². The van der Waals surface area contributed by atoms with E-state index in [-0.39, 0.29) is 60.0 Å². The van der Waals surface area contributed by atoms with E-state index in [2.05, 4.69) is 52.3 Å². The first-order valence-corrected chi connectivity index (χ1v) is 29.4. The number of Topliss-reactive ketones (excluding diaryl/α,β-unsaturated/α-hetero) is 1. The van der Waals surface area contributed by atoms with Crippen molar-refractivity contribution >= 4 is 78.4 Å². The van der Waals surface area contributed by atoms with Crippen LogP contribution in [0.2, 0.25) is 18.1 Å². The molecule has 1 aliphatic rings. The number of non-ortho nitro benzene ring substituents is 1. The predicted octanol–water partition coefficient (Wildman–Crippen LogP) is 9.84. The van der Waals surface area contributed by atoms with Crippen LogP contribution in [0, 0.1) is 16.0 Å². The summed E-state index contributed by atoms with van der Waals surface area (Å²) in [5, 5.41) is 14.7. The van der Waals surface area contributed by atoms with Crippen LogP contribution in [0.5, 0.6) is 0 Å². The molecule has 1 N–H and O–H groups in total. The predicted molar refractivity (Wildman–Crippen MR) is 291 cm³/mol. The average molecular weight is 1060 g/mol. The summed E-state index contributed by atoms with van der Waals surface area (Å²) in [6.45, 7) is 20.5. The molecule has 5 aromatic rings. The maximum absolute atomic E-state index is 15.6. The molecule has 1 unspecified atom stereocenters. The molecule has 6 rings (SSSR count). The number of nitrogens with one attached hydrogen (secondary N) is 1. The molecule has 394 valence electrons. The van der Waals surface area contributed by atoms with E-state index in [0.717, 1.165) is 0 Å². The Labute approximate surface area is 438 Å². The third-order valence-electron chi connectivity index (χ3n) is 13.6. The summed E-state index contributed by atoms with van der Waals surface area (Å²) in [7, 11) is -7.67. The van der Waals surface area contributed by atoms with Gasteiger partial charge in [0.2, 0.25) is 0 Å². The average Bonchev–Trinajstić information content (AvgIpc) is 3.38. The fourth-order valence-electron chi connectivity index (χ4n) is 8.96. The molecule has 0 spiro atoms. The monoisotopic (exact) mass is 1060 g/mol. The summed E-state index contributed by atoms with van der Waals surface area (Å²) in [6.07, 6.45) is 0.421. The van der Waals surface area contributed by atoms with Gasteiger partial charge in [-0.05, 0) is 17.7 Å². The van der Waals surface area contributed by atoms with Gasteiger partial charge in [-0.3, -0.25) is 14.9 Å². The summed E-state index contributed by atoms with van der Waals surface area (Å²) in [5.74, 6) is -4.22. The summed E-state index contributed by atoms with van der Waals surface area (Å²) >= 11 is 0. The number of amides is 2. The second-order valence-electron chi connectivity index (χ2n) is 19.7. The second kappa shape index (κ2) is 23.7. The van der Waals surface area contributed by atoms with Crippen molar-refractivity contribution < 1.29 is 56.6 Å². The van der Waals surface area contributed by atoms with Crippen molar-refractivity contribution in [3.63, 3.8) is 0 Å². The Kier molecular flexibility index (Phi) is 17.9. The quantitative estimate of drug-likeness (QED) is 0.00946. The third-order valence-corrected chi connectivity index (χ3v) is 23.0. The van der Waals surface area contributed by atoms with Crippen LogP contribution < -0.4 is 21.2 Å². The molecule has 5 aromatic carbocycles. The van der Waals surface area contributed by atoms with Gasteiger partial charge in [0, 0.05) is 12.1 Å². The number of hydrogen-bond donors (Lipinski definition) is 1. The maximum atomic E-state index is 15.6. The number of hydrogen-bond acceptors (Lipinski definition) is 13. The Bertz CT molecular complexity index is 2830. The van der Waals surface area contributed by atoms with Crippen LogP contribution in [0.1, 0.15) is 68.9 Å². The van der Waals surface area contributed by atoms with Crippen LogP contribution in [0.15, 0.2) is 159 Å². The molecule has 1 heterocycles. The third kappa shape index (κ3) is 12.3. The number of esters is 1. The van der Waals surface area contributed by atoms with Crippen LogP contribution in [0.25, 0.3) is 0 Å². The van der Waals surface area contributed by atoms with E-state index in [1.54, 1.807) is 97.9 Å². The fourth-order valence-corrected chi connectivity index (χ4v) is 15.1. The number of carbonyl (C=O) groups is 6. The van der Waals surface area contributed by atoms with E-state index in [1.807, 2.05) is 0 Å². The van der Waals surface area contributed by atoms with Gasteiger partial charge in [-0.1, -0.05) is 12.7 Å². The number of nitro groups is 1. The molecule has 0 aromatic heterocycles. The van der Waals surface area contributed by atoms with E-state index >= 15 is 9.59 Å². The summed E-state index contributed by atoms with van der Waals surface area (Å²) in [4.78, 5) is 97.3. The molecule has 0 saturated carbocycles. The molecular weight excluding hydrogens is 994 g/mol. The van der Waals surface area contributed by atoms with E-state index in [0.29, 0.717) is 21.5 Å². The normalized spacial score (nSPS) is 15.9. The number of rotatable bonds is 23. The zero-order chi connectivity index (χ0) is 54.7. The molecule has 75 heavy (non-hydrogen) atoms. The number of likely N-dealkylation sites (tertiary alicyclic amines) is 1. The summed E-state index contributed by atoms with van der Waals surface area (Å²) in [5.41, 5.74) is 0.797. The van der Waals surface area contributed by atoms with Crippen LogP contribution in [0.3, 0.4) is 0 Å². The number of nitrogens with zero attached hydrogens (tertiary/aromatic N) is 2. The Balaban J connectivity index is 1.41. The Morgan fingerprint density at radius 2 is 1.37 bits per heavy atom. The van der Waals surface area contributed by atoms with Crippen molar-refractivity contribution in [2.45, 2.75) is 96.8 Å². The van der Waals surface area contributed by atoms with Crippen molar-refractivity contribution in [3.05, 3.63) is 186 Å². The Hall–Kier alpha value is -7.59.